The maximum absolute atomic E-state index is 12.6. The summed E-state index contributed by atoms with van der Waals surface area (Å²) in [7, 11) is 0. The van der Waals surface area contributed by atoms with E-state index in [4.69, 9.17) is 5.73 Å². The maximum Gasteiger partial charge on any atom is 0.250 e. The molecule has 0 saturated carbocycles. The zero-order valence-corrected chi connectivity index (χ0v) is 15.2. The summed E-state index contributed by atoms with van der Waals surface area (Å²) >= 11 is 0. The second kappa shape index (κ2) is 7.00. The monoisotopic (exact) mass is 346 g/mol. The number of anilines is 1. The second-order valence-corrected chi connectivity index (χ2v) is 6.71. The fourth-order valence-electron chi connectivity index (χ4n) is 3.39. The standard InChI is InChI=1S/C22H22N2O2/c1-13-8-14(2)18(15(3)9-13)12-21(25)24-20-11-17-7-5-4-6-16(17)10-19(20)22(23)26/h4-11H,12H2,1-3H3,(H2,23,26)(H,24,25). The van der Waals surface area contributed by atoms with Crippen LogP contribution in [0.15, 0.2) is 48.5 Å². The first kappa shape index (κ1) is 17.7. The van der Waals surface area contributed by atoms with Gasteiger partial charge in [-0.05, 0) is 60.4 Å². The topological polar surface area (TPSA) is 72.2 Å². The van der Waals surface area contributed by atoms with Gasteiger partial charge in [0.05, 0.1) is 17.7 Å². The van der Waals surface area contributed by atoms with Gasteiger partial charge < -0.3 is 11.1 Å². The molecule has 3 N–H and O–H groups in total. The average Bonchev–Trinajstić information content (AvgIpc) is 2.57. The van der Waals surface area contributed by atoms with Gasteiger partial charge in [0, 0.05) is 0 Å². The van der Waals surface area contributed by atoms with Gasteiger partial charge in [0.25, 0.3) is 5.91 Å². The first-order valence-corrected chi connectivity index (χ1v) is 8.54. The molecule has 0 atom stereocenters. The van der Waals surface area contributed by atoms with Crippen LogP contribution in [0.25, 0.3) is 10.8 Å². The summed E-state index contributed by atoms with van der Waals surface area (Å²) in [6, 6.07) is 15.3. The van der Waals surface area contributed by atoms with E-state index in [0.29, 0.717) is 11.3 Å². The van der Waals surface area contributed by atoms with E-state index in [2.05, 4.69) is 17.4 Å². The first-order chi connectivity index (χ1) is 12.3. The van der Waals surface area contributed by atoms with Crippen LogP contribution >= 0.6 is 0 Å². The fourth-order valence-corrected chi connectivity index (χ4v) is 3.39. The molecule has 0 heterocycles. The Morgan fingerprint density at radius 1 is 0.923 bits per heavy atom. The summed E-state index contributed by atoms with van der Waals surface area (Å²) < 4.78 is 0. The Kier molecular flexibility index (Phi) is 4.76. The van der Waals surface area contributed by atoms with Crippen molar-refractivity contribution < 1.29 is 9.59 Å². The van der Waals surface area contributed by atoms with Crippen LogP contribution in [0, 0.1) is 20.8 Å². The number of nitrogens with one attached hydrogen (secondary N) is 1. The lowest BCUT2D eigenvalue weighted by molar-refractivity contribution is -0.115. The van der Waals surface area contributed by atoms with Gasteiger partial charge in [-0.25, -0.2) is 0 Å². The van der Waals surface area contributed by atoms with Crippen LogP contribution in [0.5, 0.6) is 0 Å². The zero-order chi connectivity index (χ0) is 18.8. The highest BCUT2D eigenvalue weighted by molar-refractivity contribution is 6.07. The normalized spacial score (nSPS) is 10.7. The number of carbonyl (C=O) groups is 2. The number of primary amides is 1. The molecule has 0 fully saturated rings. The predicted octanol–water partition coefficient (Wildman–Crippen LogP) is 4.05. The molecule has 4 nitrogen and oxygen atoms in total. The highest BCUT2D eigenvalue weighted by Crippen LogP contribution is 2.25. The van der Waals surface area contributed by atoms with Crippen molar-refractivity contribution in [2.75, 3.05) is 5.32 Å². The van der Waals surface area contributed by atoms with E-state index >= 15 is 0 Å². The van der Waals surface area contributed by atoms with E-state index < -0.39 is 5.91 Å². The number of fused-ring (bicyclic) bond motifs is 1. The van der Waals surface area contributed by atoms with Crippen LogP contribution in [0.3, 0.4) is 0 Å². The minimum atomic E-state index is -0.561. The van der Waals surface area contributed by atoms with E-state index in [-0.39, 0.29) is 12.3 Å². The van der Waals surface area contributed by atoms with E-state index in [0.717, 1.165) is 27.5 Å². The van der Waals surface area contributed by atoms with Gasteiger partial charge in [-0.15, -0.1) is 0 Å². The molecular weight excluding hydrogens is 324 g/mol. The molecule has 3 aromatic carbocycles. The molecule has 0 aromatic heterocycles. The lowest BCUT2D eigenvalue weighted by Crippen LogP contribution is -2.20. The molecule has 0 aliphatic rings. The minimum Gasteiger partial charge on any atom is -0.366 e. The lowest BCUT2D eigenvalue weighted by atomic mass is 9.97. The number of benzene rings is 3. The summed E-state index contributed by atoms with van der Waals surface area (Å²) in [5, 5.41) is 4.71. The van der Waals surface area contributed by atoms with Gasteiger partial charge >= 0.3 is 0 Å². The summed E-state index contributed by atoms with van der Waals surface area (Å²) in [5.41, 5.74) is 10.6. The maximum atomic E-state index is 12.6. The number of carbonyl (C=O) groups excluding carboxylic acids is 2. The van der Waals surface area contributed by atoms with E-state index in [1.807, 2.05) is 45.0 Å². The van der Waals surface area contributed by atoms with Gasteiger partial charge in [0.15, 0.2) is 0 Å². The number of nitrogens with two attached hydrogens (primary N) is 1. The van der Waals surface area contributed by atoms with E-state index in [1.165, 1.54) is 5.56 Å². The highest BCUT2D eigenvalue weighted by Gasteiger charge is 2.15. The Hall–Kier alpha value is -3.14. The summed E-state index contributed by atoms with van der Waals surface area (Å²) in [6.07, 6.45) is 0.253. The van der Waals surface area contributed by atoms with Gasteiger partial charge in [0.1, 0.15) is 0 Å². The van der Waals surface area contributed by atoms with Gasteiger partial charge in [-0.3, -0.25) is 9.59 Å². The third kappa shape index (κ3) is 3.59. The summed E-state index contributed by atoms with van der Waals surface area (Å²) in [6.45, 7) is 6.05. The highest BCUT2D eigenvalue weighted by atomic mass is 16.2. The van der Waals surface area contributed by atoms with Crippen molar-refractivity contribution >= 4 is 28.3 Å². The quantitative estimate of drug-likeness (QED) is 0.748. The van der Waals surface area contributed by atoms with Crippen molar-refractivity contribution in [3.63, 3.8) is 0 Å². The van der Waals surface area contributed by atoms with Gasteiger partial charge in [0.2, 0.25) is 5.91 Å². The molecule has 0 radical (unpaired) electrons. The van der Waals surface area contributed by atoms with Crippen molar-refractivity contribution in [3.8, 4) is 0 Å². The second-order valence-electron chi connectivity index (χ2n) is 6.71. The molecule has 3 rings (SSSR count). The third-order valence-electron chi connectivity index (χ3n) is 4.60. The van der Waals surface area contributed by atoms with Crippen LogP contribution in [0.1, 0.15) is 32.6 Å². The molecular formula is C22H22N2O2. The molecule has 0 aliphatic heterocycles. The average molecular weight is 346 g/mol. The third-order valence-corrected chi connectivity index (χ3v) is 4.60. The Bertz CT molecular complexity index is 999. The smallest absolute Gasteiger partial charge is 0.250 e. The molecule has 26 heavy (non-hydrogen) atoms. The molecule has 0 bridgehead atoms. The molecule has 0 unspecified atom stereocenters. The number of amides is 2. The summed E-state index contributed by atoms with van der Waals surface area (Å²) in [5.74, 6) is -0.730. The van der Waals surface area contributed by atoms with Gasteiger partial charge in [-0.1, -0.05) is 42.0 Å². The molecule has 0 saturated heterocycles. The zero-order valence-electron chi connectivity index (χ0n) is 15.2. The van der Waals surface area contributed by atoms with Crippen LogP contribution in [0.2, 0.25) is 0 Å². The van der Waals surface area contributed by atoms with Crippen LogP contribution in [-0.2, 0) is 11.2 Å². The van der Waals surface area contributed by atoms with Gasteiger partial charge in [-0.2, -0.15) is 0 Å². The molecule has 2 amide bonds. The predicted molar refractivity (Wildman–Crippen MR) is 105 cm³/mol. The fraction of sp³-hybridized carbons (Fsp3) is 0.182. The van der Waals surface area contributed by atoms with Crippen molar-refractivity contribution in [3.05, 3.63) is 76.3 Å². The number of hydrogen-bond acceptors (Lipinski definition) is 2. The van der Waals surface area contributed by atoms with Crippen molar-refractivity contribution in [1.82, 2.24) is 0 Å². The SMILES string of the molecule is Cc1cc(C)c(CC(=O)Nc2cc3ccccc3cc2C(N)=O)c(C)c1. The van der Waals surface area contributed by atoms with Crippen molar-refractivity contribution in [2.24, 2.45) is 5.73 Å². The molecule has 4 heteroatoms. The Morgan fingerprint density at radius 2 is 1.50 bits per heavy atom. The largest absolute Gasteiger partial charge is 0.366 e. The lowest BCUT2D eigenvalue weighted by Gasteiger charge is -2.14. The number of aryl methyl sites for hydroxylation is 3. The summed E-state index contributed by atoms with van der Waals surface area (Å²) in [4.78, 5) is 24.4. The van der Waals surface area contributed by atoms with Crippen LogP contribution < -0.4 is 11.1 Å². The molecule has 132 valence electrons. The molecule has 0 aliphatic carbocycles. The molecule has 3 aromatic rings. The number of hydrogen-bond donors (Lipinski definition) is 2. The van der Waals surface area contributed by atoms with E-state index in [9.17, 15) is 9.59 Å². The van der Waals surface area contributed by atoms with E-state index in [1.54, 1.807) is 12.1 Å². The Morgan fingerprint density at radius 3 is 2.08 bits per heavy atom. The molecule has 0 spiro atoms. The Balaban J connectivity index is 1.92. The Labute approximate surface area is 153 Å². The van der Waals surface area contributed by atoms with Crippen molar-refractivity contribution in [1.29, 1.82) is 0 Å². The number of rotatable bonds is 4. The first-order valence-electron chi connectivity index (χ1n) is 8.54. The van der Waals surface area contributed by atoms with Crippen LogP contribution in [0.4, 0.5) is 5.69 Å². The minimum absolute atomic E-state index is 0.169. The van der Waals surface area contributed by atoms with Crippen LogP contribution in [-0.4, -0.2) is 11.8 Å². The van der Waals surface area contributed by atoms with Crippen molar-refractivity contribution in [2.45, 2.75) is 27.2 Å².